The van der Waals surface area contributed by atoms with Crippen molar-refractivity contribution >= 4 is 33.3 Å². The number of esters is 1. The Bertz CT molecular complexity index is 895. The van der Waals surface area contributed by atoms with Crippen molar-refractivity contribution in [2.45, 2.75) is 58.4 Å². The van der Waals surface area contributed by atoms with E-state index >= 15 is 0 Å². The summed E-state index contributed by atoms with van der Waals surface area (Å²) >= 11 is 1.86. The molecule has 1 aliphatic carbocycles. The monoisotopic (exact) mass is 446 g/mol. The summed E-state index contributed by atoms with van der Waals surface area (Å²) in [6.07, 6.45) is 6.87. The topological polar surface area (TPSA) is 76.6 Å². The second-order valence-corrected chi connectivity index (χ2v) is 9.81. The molecule has 31 heavy (non-hydrogen) atoms. The lowest BCUT2D eigenvalue weighted by Gasteiger charge is -2.26. The number of rotatable bonds is 9. The average Bonchev–Trinajstić information content (AvgIpc) is 3.13. The summed E-state index contributed by atoms with van der Waals surface area (Å²) in [4.78, 5) is 26.2. The number of thiophene rings is 1. The summed E-state index contributed by atoms with van der Waals surface area (Å²) in [6, 6.07) is 0. The van der Waals surface area contributed by atoms with Crippen LogP contribution < -0.4 is 5.32 Å². The zero-order valence-corrected chi connectivity index (χ0v) is 19.6. The number of carbonyl (C=O) groups excluding carboxylic acids is 1. The van der Waals surface area contributed by atoms with Gasteiger partial charge in [0.25, 0.3) is 0 Å². The van der Waals surface area contributed by atoms with Crippen molar-refractivity contribution < 1.29 is 14.3 Å². The Balaban J connectivity index is 1.48. The lowest BCUT2D eigenvalue weighted by Crippen LogP contribution is -2.36. The standard InChI is InChI=1S/C23H34N4O3S/c1-16-7-8-17-18(14-16)31-23-21(17)22(24-9-5-3-4-6-20(28)29-2)25-19(26-23)15-27-10-12-30-13-11-27/h16H,3-15H2,1-2H3,(H,24,25,26)/t16-/m0/s1. The minimum atomic E-state index is -0.127. The molecule has 0 radical (unpaired) electrons. The number of nitrogens with one attached hydrogen (secondary N) is 1. The molecule has 2 aromatic heterocycles. The van der Waals surface area contributed by atoms with E-state index < -0.39 is 0 Å². The van der Waals surface area contributed by atoms with Gasteiger partial charge in [-0.3, -0.25) is 9.69 Å². The lowest BCUT2D eigenvalue weighted by molar-refractivity contribution is -0.140. The molecule has 7 nitrogen and oxygen atoms in total. The van der Waals surface area contributed by atoms with Gasteiger partial charge >= 0.3 is 5.97 Å². The molecule has 4 rings (SSSR count). The minimum Gasteiger partial charge on any atom is -0.469 e. The molecule has 0 spiro atoms. The summed E-state index contributed by atoms with van der Waals surface area (Å²) in [6.45, 7) is 7.40. The molecular weight excluding hydrogens is 412 g/mol. The number of hydrogen-bond donors (Lipinski definition) is 1. The van der Waals surface area contributed by atoms with Gasteiger partial charge in [-0.25, -0.2) is 9.97 Å². The van der Waals surface area contributed by atoms with Crippen LogP contribution in [-0.2, 0) is 33.7 Å². The van der Waals surface area contributed by atoms with E-state index in [1.54, 1.807) is 0 Å². The van der Waals surface area contributed by atoms with Crippen molar-refractivity contribution in [1.29, 1.82) is 0 Å². The van der Waals surface area contributed by atoms with Gasteiger partial charge in [0.15, 0.2) is 0 Å². The van der Waals surface area contributed by atoms with Crippen molar-refractivity contribution in [3.05, 3.63) is 16.3 Å². The largest absolute Gasteiger partial charge is 0.469 e. The molecule has 0 amide bonds. The summed E-state index contributed by atoms with van der Waals surface area (Å²) in [7, 11) is 1.45. The number of hydrogen-bond acceptors (Lipinski definition) is 8. The SMILES string of the molecule is COC(=O)CCCCCNc1nc(CN2CCOCC2)nc2sc3c(c12)CC[C@H](C)C3. The van der Waals surface area contributed by atoms with E-state index in [4.69, 9.17) is 19.4 Å². The van der Waals surface area contributed by atoms with Crippen molar-refractivity contribution in [2.75, 3.05) is 45.3 Å². The van der Waals surface area contributed by atoms with Crippen LogP contribution in [0.5, 0.6) is 0 Å². The van der Waals surface area contributed by atoms with Gasteiger partial charge in [0.1, 0.15) is 16.5 Å². The molecule has 1 atom stereocenters. The first kappa shape index (κ1) is 22.4. The molecule has 0 unspecified atom stereocenters. The number of nitrogens with zero attached hydrogens (tertiary/aromatic N) is 3. The second-order valence-electron chi connectivity index (χ2n) is 8.72. The molecule has 1 aliphatic heterocycles. The van der Waals surface area contributed by atoms with E-state index in [0.29, 0.717) is 6.42 Å². The highest BCUT2D eigenvalue weighted by molar-refractivity contribution is 7.19. The van der Waals surface area contributed by atoms with E-state index in [-0.39, 0.29) is 5.97 Å². The van der Waals surface area contributed by atoms with Crippen molar-refractivity contribution in [1.82, 2.24) is 14.9 Å². The first-order chi connectivity index (χ1) is 15.1. The van der Waals surface area contributed by atoms with Crippen LogP contribution >= 0.6 is 11.3 Å². The van der Waals surface area contributed by atoms with Crippen LogP contribution in [-0.4, -0.2) is 60.8 Å². The third-order valence-electron chi connectivity index (χ3n) is 6.25. The number of methoxy groups -OCH3 is 1. The molecule has 1 fully saturated rings. The first-order valence-corrected chi connectivity index (χ1v) is 12.4. The van der Waals surface area contributed by atoms with Gasteiger partial charge in [-0.1, -0.05) is 13.3 Å². The number of carbonyl (C=O) groups is 1. The third-order valence-corrected chi connectivity index (χ3v) is 7.40. The molecule has 1 N–H and O–H groups in total. The van der Waals surface area contributed by atoms with E-state index in [2.05, 4.69) is 17.1 Å². The Morgan fingerprint density at radius 1 is 1.26 bits per heavy atom. The zero-order valence-electron chi connectivity index (χ0n) is 18.7. The van der Waals surface area contributed by atoms with Crippen molar-refractivity contribution in [3.63, 3.8) is 0 Å². The number of ether oxygens (including phenoxy) is 2. The van der Waals surface area contributed by atoms with E-state index in [9.17, 15) is 4.79 Å². The fraction of sp³-hybridized carbons (Fsp3) is 0.696. The van der Waals surface area contributed by atoms with E-state index in [1.165, 1.54) is 29.4 Å². The Morgan fingerprint density at radius 3 is 2.90 bits per heavy atom. The third kappa shape index (κ3) is 5.73. The molecule has 2 aliphatic rings. The Hall–Kier alpha value is -1.77. The highest BCUT2D eigenvalue weighted by Crippen LogP contribution is 2.40. The molecule has 2 aromatic rings. The number of aromatic nitrogens is 2. The lowest BCUT2D eigenvalue weighted by atomic mass is 9.89. The van der Waals surface area contributed by atoms with Gasteiger partial charge in [-0.05, 0) is 43.6 Å². The van der Waals surface area contributed by atoms with Gasteiger partial charge < -0.3 is 14.8 Å². The van der Waals surface area contributed by atoms with Crippen LogP contribution in [0.2, 0.25) is 0 Å². The van der Waals surface area contributed by atoms with E-state index in [0.717, 1.165) is 93.9 Å². The van der Waals surface area contributed by atoms with Gasteiger partial charge in [-0.2, -0.15) is 0 Å². The zero-order chi connectivity index (χ0) is 21.6. The molecule has 8 heteroatoms. The molecule has 1 saturated heterocycles. The molecule has 0 saturated carbocycles. The van der Waals surface area contributed by atoms with Gasteiger partial charge in [0, 0.05) is 30.9 Å². The Labute approximate surface area is 188 Å². The van der Waals surface area contributed by atoms with E-state index in [1.807, 2.05) is 11.3 Å². The fourth-order valence-electron chi connectivity index (χ4n) is 4.42. The number of fused-ring (bicyclic) bond motifs is 3. The van der Waals surface area contributed by atoms with Crippen LogP contribution in [0.3, 0.4) is 0 Å². The smallest absolute Gasteiger partial charge is 0.305 e. The van der Waals surface area contributed by atoms with Crippen molar-refractivity contribution in [3.8, 4) is 0 Å². The number of unbranched alkanes of at least 4 members (excludes halogenated alkanes) is 2. The van der Waals surface area contributed by atoms with Crippen LogP contribution in [0.4, 0.5) is 5.82 Å². The van der Waals surface area contributed by atoms with Gasteiger partial charge in [-0.15, -0.1) is 11.3 Å². The number of anilines is 1. The van der Waals surface area contributed by atoms with Crippen LogP contribution in [0.1, 0.15) is 55.3 Å². The molecule has 170 valence electrons. The highest BCUT2D eigenvalue weighted by atomic mass is 32.1. The highest BCUT2D eigenvalue weighted by Gasteiger charge is 2.24. The second kappa shape index (κ2) is 10.7. The maximum atomic E-state index is 11.3. The maximum absolute atomic E-state index is 11.3. The number of aryl methyl sites for hydroxylation is 1. The van der Waals surface area contributed by atoms with Crippen molar-refractivity contribution in [2.24, 2.45) is 5.92 Å². The van der Waals surface area contributed by atoms with Crippen LogP contribution in [0.15, 0.2) is 0 Å². The quantitative estimate of drug-likeness (QED) is 0.464. The molecule has 3 heterocycles. The minimum absolute atomic E-state index is 0.127. The van der Waals surface area contributed by atoms with Gasteiger partial charge in [0.2, 0.25) is 0 Å². The Morgan fingerprint density at radius 2 is 2.10 bits per heavy atom. The fourth-order valence-corrected chi connectivity index (χ4v) is 5.83. The molecule has 0 aromatic carbocycles. The van der Waals surface area contributed by atoms with Crippen LogP contribution in [0.25, 0.3) is 10.2 Å². The normalized spacial score (nSPS) is 19.4. The Kier molecular flexibility index (Phi) is 7.74. The summed E-state index contributed by atoms with van der Waals surface area (Å²) in [5.41, 5.74) is 1.46. The predicted molar refractivity (Wildman–Crippen MR) is 124 cm³/mol. The van der Waals surface area contributed by atoms with Gasteiger partial charge in [0.05, 0.1) is 32.3 Å². The predicted octanol–water partition coefficient (Wildman–Crippen LogP) is 3.79. The number of morpholine rings is 1. The first-order valence-electron chi connectivity index (χ1n) is 11.6. The summed E-state index contributed by atoms with van der Waals surface area (Å²) in [5, 5.41) is 4.85. The molecular formula is C23H34N4O3S. The maximum Gasteiger partial charge on any atom is 0.305 e. The van der Waals surface area contributed by atoms with Crippen LogP contribution in [0, 0.1) is 5.92 Å². The summed E-state index contributed by atoms with van der Waals surface area (Å²) in [5.74, 6) is 2.51. The average molecular weight is 447 g/mol. The summed E-state index contributed by atoms with van der Waals surface area (Å²) < 4.78 is 10.2. The molecule has 0 bridgehead atoms.